The molecule has 2 aliphatic heterocycles. The fourth-order valence-corrected chi connectivity index (χ4v) is 4.70. The molecular weight excluding hydrogens is 443 g/mol. The summed E-state index contributed by atoms with van der Waals surface area (Å²) in [5.41, 5.74) is 0. The molecule has 3 rings (SSSR count). The largest absolute Gasteiger partial charge is 0.356 e. The van der Waals surface area contributed by atoms with Gasteiger partial charge in [-0.05, 0) is 50.4 Å². The number of benzene rings is 1. The van der Waals surface area contributed by atoms with Crippen LogP contribution in [-0.4, -0.2) is 68.3 Å². The van der Waals surface area contributed by atoms with Gasteiger partial charge in [-0.15, -0.1) is 35.7 Å². The van der Waals surface area contributed by atoms with E-state index in [-0.39, 0.29) is 24.0 Å². The first kappa shape index (κ1) is 20.8. The molecule has 0 spiro atoms. The molecule has 1 aromatic carbocycles. The fraction of sp³-hybridized carbons (Fsp3) is 0.632. The maximum absolute atomic E-state index is 4.51. The van der Waals surface area contributed by atoms with Gasteiger partial charge in [0.05, 0.1) is 0 Å². The molecule has 6 heteroatoms. The number of hydrogen-bond donors (Lipinski definition) is 1. The quantitative estimate of drug-likeness (QED) is 0.307. The average Bonchev–Trinajstić information content (AvgIpc) is 3.24. The van der Waals surface area contributed by atoms with Gasteiger partial charge in [-0.25, -0.2) is 0 Å². The van der Waals surface area contributed by atoms with Crippen LogP contribution in [0, 0.1) is 11.8 Å². The van der Waals surface area contributed by atoms with E-state index in [9.17, 15) is 0 Å². The third-order valence-electron chi connectivity index (χ3n) is 5.06. The molecule has 0 bridgehead atoms. The maximum atomic E-state index is 4.51. The zero-order chi connectivity index (χ0) is 16.8. The van der Waals surface area contributed by atoms with Crippen molar-refractivity contribution in [2.45, 2.75) is 17.7 Å². The molecule has 4 nitrogen and oxygen atoms in total. The van der Waals surface area contributed by atoms with Gasteiger partial charge in [0, 0.05) is 43.9 Å². The van der Waals surface area contributed by atoms with E-state index in [4.69, 9.17) is 0 Å². The van der Waals surface area contributed by atoms with Crippen LogP contribution in [-0.2, 0) is 0 Å². The van der Waals surface area contributed by atoms with Crippen molar-refractivity contribution in [3.63, 3.8) is 0 Å². The van der Waals surface area contributed by atoms with Crippen molar-refractivity contribution in [3.05, 3.63) is 30.3 Å². The van der Waals surface area contributed by atoms with Crippen LogP contribution in [0.15, 0.2) is 40.2 Å². The van der Waals surface area contributed by atoms with Crippen molar-refractivity contribution in [1.82, 2.24) is 15.1 Å². The Balaban J connectivity index is 0.00000225. The number of guanidine groups is 1. The minimum Gasteiger partial charge on any atom is -0.356 e. The average molecular weight is 474 g/mol. The summed E-state index contributed by atoms with van der Waals surface area (Å²) in [5.74, 6) is 3.81. The molecule has 2 fully saturated rings. The lowest BCUT2D eigenvalue weighted by Crippen LogP contribution is -2.42. The van der Waals surface area contributed by atoms with Crippen molar-refractivity contribution < 1.29 is 0 Å². The van der Waals surface area contributed by atoms with Crippen LogP contribution in [0.3, 0.4) is 0 Å². The minimum absolute atomic E-state index is 0. The summed E-state index contributed by atoms with van der Waals surface area (Å²) in [6.07, 6.45) is 2.57. The van der Waals surface area contributed by atoms with Gasteiger partial charge in [0.25, 0.3) is 0 Å². The third-order valence-corrected chi connectivity index (χ3v) is 6.31. The van der Waals surface area contributed by atoms with Crippen molar-refractivity contribution in [1.29, 1.82) is 0 Å². The monoisotopic (exact) mass is 474 g/mol. The van der Waals surface area contributed by atoms with Gasteiger partial charge in [-0.3, -0.25) is 4.99 Å². The molecule has 2 aliphatic rings. The van der Waals surface area contributed by atoms with E-state index in [2.05, 4.69) is 57.5 Å². The number of halogens is 1. The van der Waals surface area contributed by atoms with E-state index >= 15 is 0 Å². The standard InChI is InChI=1S/C19H30N4S.HI/c1-20-19(21-12-16-8-10-22(2)13-16)23-11-9-17(14-23)15-24-18-6-4-3-5-7-18;/h3-7,16-17H,8-15H2,1-2H3,(H,20,21);1H. The highest BCUT2D eigenvalue weighted by Gasteiger charge is 2.26. The number of aliphatic imine (C=N–C) groups is 1. The Kier molecular flexibility index (Phi) is 8.85. The number of nitrogens with zero attached hydrogens (tertiary/aromatic N) is 3. The van der Waals surface area contributed by atoms with Gasteiger partial charge in [0.2, 0.25) is 0 Å². The molecule has 1 aromatic rings. The molecule has 140 valence electrons. The Bertz CT molecular complexity index is 539. The van der Waals surface area contributed by atoms with Gasteiger partial charge in [0.1, 0.15) is 0 Å². The van der Waals surface area contributed by atoms with E-state index in [1.54, 1.807) is 0 Å². The zero-order valence-electron chi connectivity index (χ0n) is 15.4. The first-order chi connectivity index (χ1) is 11.7. The number of hydrogen-bond acceptors (Lipinski definition) is 3. The summed E-state index contributed by atoms with van der Waals surface area (Å²) >= 11 is 1.98. The number of thioether (sulfide) groups is 1. The van der Waals surface area contributed by atoms with Crippen LogP contribution in [0.2, 0.25) is 0 Å². The Morgan fingerprint density at radius 3 is 2.60 bits per heavy atom. The van der Waals surface area contributed by atoms with Crippen molar-refractivity contribution in [3.8, 4) is 0 Å². The van der Waals surface area contributed by atoms with Gasteiger partial charge in [-0.2, -0.15) is 0 Å². The van der Waals surface area contributed by atoms with E-state index in [1.165, 1.54) is 36.6 Å². The van der Waals surface area contributed by atoms with Crippen LogP contribution >= 0.6 is 35.7 Å². The zero-order valence-corrected chi connectivity index (χ0v) is 18.5. The highest BCUT2D eigenvalue weighted by atomic mass is 127. The van der Waals surface area contributed by atoms with Crippen LogP contribution in [0.5, 0.6) is 0 Å². The topological polar surface area (TPSA) is 30.9 Å². The Labute approximate surface area is 173 Å². The van der Waals surface area contributed by atoms with Crippen LogP contribution in [0.25, 0.3) is 0 Å². The maximum Gasteiger partial charge on any atom is 0.193 e. The minimum atomic E-state index is 0. The van der Waals surface area contributed by atoms with Crippen LogP contribution in [0.1, 0.15) is 12.8 Å². The summed E-state index contributed by atoms with van der Waals surface area (Å²) in [6, 6.07) is 10.7. The third kappa shape index (κ3) is 6.32. The molecule has 2 atom stereocenters. The van der Waals surface area contributed by atoms with Gasteiger partial charge >= 0.3 is 0 Å². The predicted molar refractivity (Wildman–Crippen MR) is 119 cm³/mol. The van der Waals surface area contributed by atoms with Gasteiger partial charge in [0.15, 0.2) is 5.96 Å². The molecule has 0 aliphatic carbocycles. The molecule has 0 amide bonds. The number of nitrogens with one attached hydrogen (secondary N) is 1. The van der Waals surface area contributed by atoms with E-state index in [1.807, 2.05) is 18.8 Å². The smallest absolute Gasteiger partial charge is 0.193 e. The van der Waals surface area contributed by atoms with E-state index < -0.39 is 0 Å². The Hall–Kier alpha value is -0.470. The lowest BCUT2D eigenvalue weighted by Gasteiger charge is -2.23. The highest BCUT2D eigenvalue weighted by molar-refractivity contribution is 14.0. The Morgan fingerprint density at radius 2 is 1.92 bits per heavy atom. The molecule has 25 heavy (non-hydrogen) atoms. The summed E-state index contributed by atoms with van der Waals surface area (Å²) in [7, 11) is 4.12. The molecule has 2 unspecified atom stereocenters. The highest BCUT2D eigenvalue weighted by Crippen LogP contribution is 2.26. The SMILES string of the molecule is CN=C(NCC1CCN(C)C1)N1CCC(CSc2ccccc2)C1.I. The van der Waals surface area contributed by atoms with Crippen LogP contribution in [0.4, 0.5) is 0 Å². The second-order valence-corrected chi connectivity index (χ2v) is 8.16. The summed E-state index contributed by atoms with van der Waals surface area (Å²) in [5, 5.41) is 3.61. The molecule has 1 N–H and O–H groups in total. The summed E-state index contributed by atoms with van der Waals surface area (Å²) in [6.45, 7) is 5.75. The molecule has 0 radical (unpaired) electrons. The van der Waals surface area contributed by atoms with Crippen molar-refractivity contribution in [2.24, 2.45) is 16.8 Å². The van der Waals surface area contributed by atoms with Gasteiger partial charge < -0.3 is 15.1 Å². The lowest BCUT2D eigenvalue weighted by molar-refractivity contribution is 0.390. The van der Waals surface area contributed by atoms with E-state index in [0.29, 0.717) is 0 Å². The van der Waals surface area contributed by atoms with Crippen molar-refractivity contribution >= 4 is 41.7 Å². The van der Waals surface area contributed by atoms with Gasteiger partial charge in [-0.1, -0.05) is 18.2 Å². The molecule has 2 heterocycles. The second kappa shape index (κ2) is 10.6. The summed E-state index contributed by atoms with van der Waals surface area (Å²) < 4.78 is 0. The first-order valence-electron chi connectivity index (χ1n) is 9.06. The Morgan fingerprint density at radius 1 is 1.16 bits per heavy atom. The predicted octanol–water partition coefficient (Wildman–Crippen LogP) is 3.25. The van der Waals surface area contributed by atoms with E-state index in [0.717, 1.165) is 37.4 Å². The molecule has 0 aromatic heterocycles. The lowest BCUT2D eigenvalue weighted by atomic mass is 10.1. The number of likely N-dealkylation sites (tertiary alicyclic amines) is 2. The first-order valence-corrected chi connectivity index (χ1v) is 10.0. The van der Waals surface area contributed by atoms with Crippen molar-refractivity contribution in [2.75, 3.05) is 52.6 Å². The fourth-order valence-electron chi connectivity index (χ4n) is 3.65. The normalized spacial score (nSPS) is 24.4. The number of rotatable bonds is 5. The molecular formula is C19H31IN4S. The second-order valence-electron chi connectivity index (χ2n) is 7.07. The molecule has 0 saturated carbocycles. The summed E-state index contributed by atoms with van der Waals surface area (Å²) in [4.78, 5) is 10.8. The molecule has 2 saturated heterocycles. The van der Waals surface area contributed by atoms with Crippen LogP contribution < -0.4 is 5.32 Å².